The summed E-state index contributed by atoms with van der Waals surface area (Å²) in [7, 11) is 0. The summed E-state index contributed by atoms with van der Waals surface area (Å²) in [4.78, 5) is 13.9. The van der Waals surface area contributed by atoms with E-state index < -0.39 is 0 Å². The van der Waals surface area contributed by atoms with E-state index in [1.165, 1.54) is 25.7 Å². The van der Waals surface area contributed by atoms with E-state index in [2.05, 4.69) is 25.7 Å². The second-order valence-electron chi connectivity index (χ2n) is 4.27. The molecule has 0 rings (SSSR count). The van der Waals surface area contributed by atoms with Crippen molar-refractivity contribution in [1.82, 2.24) is 4.90 Å². The Bertz CT molecular complexity index is 149. The molecule has 0 N–H and O–H groups in total. The van der Waals surface area contributed by atoms with Crippen LogP contribution in [0.3, 0.4) is 0 Å². The Hall–Kier alpha value is -0.370. The Kier molecular flexibility index (Phi) is 9.91. The van der Waals surface area contributed by atoms with Crippen molar-refractivity contribution >= 4 is 5.78 Å². The fourth-order valence-electron chi connectivity index (χ4n) is 1.64. The van der Waals surface area contributed by atoms with Crippen molar-refractivity contribution < 1.29 is 4.79 Å². The zero-order chi connectivity index (χ0) is 11.5. The third-order valence-electron chi connectivity index (χ3n) is 2.58. The van der Waals surface area contributed by atoms with Crippen molar-refractivity contribution in [1.29, 1.82) is 0 Å². The van der Waals surface area contributed by atoms with E-state index in [4.69, 9.17) is 0 Å². The van der Waals surface area contributed by atoms with Gasteiger partial charge in [0.25, 0.3) is 0 Å². The topological polar surface area (TPSA) is 20.3 Å². The number of unbranched alkanes of at least 4 members (excludes halogenated alkanes) is 2. The van der Waals surface area contributed by atoms with Gasteiger partial charge in [0.15, 0.2) is 0 Å². The molecule has 0 aliphatic heterocycles. The van der Waals surface area contributed by atoms with Crippen molar-refractivity contribution in [3.05, 3.63) is 0 Å². The molecule has 0 saturated carbocycles. The minimum Gasteiger partial charge on any atom is -0.298 e. The zero-order valence-corrected chi connectivity index (χ0v) is 10.7. The summed E-state index contributed by atoms with van der Waals surface area (Å²) in [6, 6.07) is 0. The molecule has 0 aromatic rings. The molecular formula is C13H27NO. The lowest BCUT2D eigenvalue weighted by atomic mass is 10.2. The van der Waals surface area contributed by atoms with Crippen molar-refractivity contribution in [3.8, 4) is 0 Å². The highest BCUT2D eigenvalue weighted by molar-refractivity contribution is 5.80. The zero-order valence-electron chi connectivity index (χ0n) is 10.7. The standard InChI is InChI=1S/C13H27NO/c1-4-7-10-14(11-8-5-2)12-13(15)9-6-3/h4-12H2,1-3H3. The maximum Gasteiger partial charge on any atom is 0.146 e. The van der Waals surface area contributed by atoms with E-state index in [1.54, 1.807) is 0 Å². The van der Waals surface area contributed by atoms with Gasteiger partial charge in [0.05, 0.1) is 6.54 Å². The van der Waals surface area contributed by atoms with Crippen molar-refractivity contribution in [2.24, 2.45) is 0 Å². The molecule has 0 heterocycles. The van der Waals surface area contributed by atoms with Gasteiger partial charge in [0, 0.05) is 6.42 Å². The van der Waals surface area contributed by atoms with E-state index >= 15 is 0 Å². The first-order valence-corrected chi connectivity index (χ1v) is 6.48. The van der Waals surface area contributed by atoms with E-state index in [1.807, 2.05) is 0 Å². The lowest BCUT2D eigenvalue weighted by molar-refractivity contribution is -0.120. The maximum atomic E-state index is 11.5. The van der Waals surface area contributed by atoms with Crippen LogP contribution >= 0.6 is 0 Å². The summed E-state index contributed by atoms with van der Waals surface area (Å²) in [5.41, 5.74) is 0. The molecule has 0 unspecified atom stereocenters. The molecule has 0 fully saturated rings. The minimum atomic E-state index is 0.407. The molecule has 0 aromatic carbocycles. The van der Waals surface area contributed by atoms with Crippen molar-refractivity contribution in [3.63, 3.8) is 0 Å². The summed E-state index contributed by atoms with van der Waals surface area (Å²) in [5, 5.41) is 0. The third-order valence-corrected chi connectivity index (χ3v) is 2.58. The van der Waals surface area contributed by atoms with Gasteiger partial charge in [0.1, 0.15) is 5.78 Å². The van der Waals surface area contributed by atoms with Gasteiger partial charge in [-0.25, -0.2) is 0 Å². The second kappa shape index (κ2) is 10.2. The average Bonchev–Trinajstić information content (AvgIpc) is 2.22. The van der Waals surface area contributed by atoms with E-state index in [0.29, 0.717) is 12.3 Å². The number of ketones is 1. The van der Waals surface area contributed by atoms with Gasteiger partial charge in [0.2, 0.25) is 0 Å². The molecule has 2 nitrogen and oxygen atoms in total. The van der Waals surface area contributed by atoms with E-state index in [9.17, 15) is 4.79 Å². The lowest BCUT2D eigenvalue weighted by Gasteiger charge is -2.20. The first-order chi connectivity index (χ1) is 7.24. The van der Waals surface area contributed by atoms with Crippen LogP contribution in [-0.4, -0.2) is 30.3 Å². The van der Waals surface area contributed by atoms with Crippen LogP contribution in [0.5, 0.6) is 0 Å². The Morgan fingerprint density at radius 3 is 1.87 bits per heavy atom. The van der Waals surface area contributed by atoms with Gasteiger partial charge in [-0.2, -0.15) is 0 Å². The number of Topliss-reactive ketones (excluding diaryl/α,β-unsaturated/α-hetero) is 1. The van der Waals surface area contributed by atoms with Crippen LogP contribution in [0, 0.1) is 0 Å². The van der Waals surface area contributed by atoms with Gasteiger partial charge < -0.3 is 0 Å². The monoisotopic (exact) mass is 213 g/mol. The molecule has 0 aliphatic rings. The quantitative estimate of drug-likeness (QED) is 0.555. The van der Waals surface area contributed by atoms with Gasteiger partial charge in [-0.1, -0.05) is 33.6 Å². The predicted molar refractivity (Wildman–Crippen MR) is 66.2 cm³/mol. The van der Waals surface area contributed by atoms with Crippen LogP contribution in [0.4, 0.5) is 0 Å². The van der Waals surface area contributed by atoms with E-state index in [-0.39, 0.29) is 0 Å². The normalized spacial score (nSPS) is 10.9. The number of rotatable bonds is 10. The summed E-state index contributed by atoms with van der Waals surface area (Å²) in [6.45, 7) is 9.32. The molecule has 0 amide bonds. The lowest BCUT2D eigenvalue weighted by Crippen LogP contribution is -2.31. The molecule has 0 aliphatic carbocycles. The number of carbonyl (C=O) groups is 1. The summed E-state index contributed by atoms with van der Waals surface area (Å²) >= 11 is 0. The smallest absolute Gasteiger partial charge is 0.146 e. The Balaban J connectivity index is 3.82. The van der Waals surface area contributed by atoms with Crippen LogP contribution in [0.15, 0.2) is 0 Å². The summed E-state index contributed by atoms with van der Waals surface area (Å²) < 4.78 is 0. The molecule has 90 valence electrons. The molecule has 0 aromatic heterocycles. The number of nitrogens with zero attached hydrogens (tertiary/aromatic N) is 1. The Morgan fingerprint density at radius 2 is 1.47 bits per heavy atom. The van der Waals surface area contributed by atoms with E-state index in [0.717, 1.165) is 25.9 Å². The molecule has 15 heavy (non-hydrogen) atoms. The first kappa shape index (κ1) is 14.6. The van der Waals surface area contributed by atoms with Crippen LogP contribution in [0.2, 0.25) is 0 Å². The highest BCUT2D eigenvalue weighted by atomic mass is 16.1. The largest absolute Gasteiger partial charge is 0.298 e. The van der Waals surface area contributed by atoms with Gasteiger partial charge in [-0.3, -0.25) is 9.69 Å². The molecule has 0 spiro atoms. The number of hydrogen-bond donors (Lipinski definition) is 0. The molecule has 0 bridgehead atoms. The third kappa shape index (κ3) is 8.61. The van der Waals surface area contributed by atoms with Gasteiger partial charge in [-0.15, -0.1) is 0 Å². The Labute approximate surface area is 95.0 Å². The van der Waals surface area contributed by atoms with Crippen LogP contribution in [-0.2, 0) is 4.79 Å². The summed E-state index contributed by atoms with van der Waals surface area (Å²) in [5.74, 6) is 0.407. The molecular weight excluding hydrogens is 186 g/mol. The van der Waals surface area contributed by atoms with Gasteiger partial charge >= 0.3 is 0 Å². The number of carbonyl (C=O) groups excluding carboxylic acids is 1. The summed E-state index contributed by atoms with van der Waals surface area (Å²) in [6.07, 6.45) is 6.57. The van der Waals surface area contributed by atoms with Crippen LogP contribution in [0.1, 0.15) is 59.3 Å². The molecule has 0 atom stereocenters. The first-order valence-electron chi connectivity index (χ1n) is 6.48. The molecule has 0 saturated heterocycles. The predicted octanol–water partition coefficient (Wildman–Crippen LogP) is 3.26. The van der Waals surface area contributed by atoms with Crippen molar-refractivity contribution in [2.75, 3.05) is 19.6 Å². The molecule has 0 radical (unpaired) electrons. The van der Waals surface area contributed by atoms with Crippen LogP contribution in [0.25, 0.3) is 0 Å². The van der Waals surface area contributed by atoms with Crippen molar-refractivity contribution in [2.45, 2.75) is 59.3 Å². The SMILES string of the molecule is CCCCN(CCCC)CC(=O)CCC. The maximum absolute atomic E-state index is 11.5. The molecule has 2 heteroatoms. The average molecular weight is 213 g/mol. The van der Waals surface area contributed by atoms with Gasteiger partial charge in [-0.05, 0) is 32.4 Å². The fraction of sp³-hybridized carbons (Fsp3) is 0.923. The van der Waals surface area contributed by atoms with Crippen LogP contribution < -0.4 is 0 Å². The fourth-order valence-corrected chi connectivity index (χ4v) is 1.64. The highest BCUT2D eigenvalue weighted by Crippen LogP contribution is 2.01. The highest BCUT2D eigenvalue weighted by Gasteiger charge is 2.08. The second-order valence-corrected chi connectivity index (χ2v) is 4.27. The minimum absolute atomic E-state index is 0.407. The Morgan fingerprint density at radius 1 is 0.933 bits per heavy atom. The number of hydrogen-bond acceptors (Lipinski definition) is 2.